The van der Waals surface area contributed by atoms with Crippen LogP contribution in [0.1, 0.15) is 18.5 Å². The number of carbonyl (C=O) groups is 1. The van der Waals surface area contributed by atoms with Gasteiger partial charge in [0.25, 0.3) is 0 Å². The molecule has 2 unspecified atom stereocenters. The molecule has 0 amide bonds. The van der Waals surface area contributed by atoms with Gasteiger partial charge in [0.2, 0.25) is 0 Å². The van der Waals surface area contributed by atoms with Crippen molar-refractivity contribution in [2.75, 3.05) is 12.9 Å². The first kappa shape index (κ1) is 13.0. The summed E-state index contributed by atoms with van der Waals surface area (Å²) in [4.78, 5) is 16.3. The van der Waals surface area contributed by atoms with Gasteiger partial charge in [-0.2, -0.15) is 0 Å². The van der Waals surface area contributed by atoms with Crippen LogP contribution in [-0.2, 0) is 9.53 Å². The SMILES string of the molecule is COC(=O)C(NC1=NC(C)CS1)c1ccccc1. The number of thioether (sulfide) groups is 1. The lowest BCUT2D eigenvalue weighted by Gasteiger charge is -2.17. The molecule has 2 rings (SSSR count). The second-order valence-electron chi connectivity index (χ2n) is 4.11. The second-order valence-corrected chi connectivity index (χ2v) is 5.11. The van der Waals surface area contributed by atoms with Crippen LogP contribution < -0.4 is 5.32 Å². The third kappa shape index (κ3) is 3.04. The van der Waals surface area contributed by atoms with Crippen LogP contribution in [0.3, 0.4) is 0 Å². The summed E-state index contributed by atoms with van der Waals surface area (Å²) in [5.74, 6) is 0.648. The van der Waals surface area contributed by atoms with Crippen LogP contribution in [0.25, 0.3) is 0 Å². The van der Waals surface area contributed by atoms with Crippen LogP contribution in [0.5, 0.6) is 0 Å². The fraction of sp³-hybridized carbons (Fsp3) is 0.385. The molecule has 0 aromatic heterocycles. The van der Waals surface area contributed by atoms with Crippen molar-refractivity contribution in [3.8, 4) is 0 Å². The van der Waals surface area contributed by atoms with E-state index in [1.807, 2.05) is 30.3 Å². The quantitative estimate of drug-likeness (QED) is 0.848. The van der Waals surface area contributed by atoms with Gasteiger partial charge >= 0.3 is 5.97 Å². The number of ether oxygens (including phenoxy) is 1. The first-order chi connectivity index (χ1) is 8.70. The van der Waals surface area contributed by atoms with Gasteiger partial charge < -0.3 is 10.1 Å². The van der Waals surface area contributed by atoms with E-state index in [0.717, 1.165) is 16.5 Å². The normalized spacial score (nSPS) is 20.1. The zero-order chi connectivity index (χ0) is 13.0. The Labute approximate surface area is 111 Å². The van der Waals surface area contributed by atoms with E-state index in [1.54, 1.807) is 11.8 Å². The van der Waals surface area contributed by atoms with E-state index in [0.29, 0.717) is 6.04 Å². The van der Waals surface area contributed by atoms with Gasteiger partial charge in [-0.15, -0.1) is 0 Å². The molecule has 18 heavy (non-hydrogen) atoms. The van der Waals surface area contributed by atoms with E-state index in [2.05, 4.69) is 17.2 Å². The minimum Gasteiger partial charge on any atom is -0.467 e. The molecule has 1 aromatic carbocycles. The molecule has 1 aliphatic rings. The number of hydrogen-bond donors (Lipinski definition) is 1. The topological polar surface area (TPSA) is 50.7 Å². The molecule has 96 valence electrons. The van der Waals surface area contributed by atoms with E-state index in [1.165, 1.54) is 7.11 Å². The van der Waals surface area contributed by atoms with Gasteiger partial charge in [-0.05, 0) is 12.5 Å². The maximum absolute atomic E-state index is 11.8. The molecule has 0 saturated heterocycles. The van der Waals surface area contributed by atoms with Crippen molar-refractivity contribution < 1.29 is 9.53 Å². The minimum atomic E-state index is -0.493. The molecule has 0 fully saturated rings. The van der Waals surface area contributed by atoms with Crippen LogP contribution in [0, 0.1) is 0 Å². The number of nitrogens with zero attached hydrogens (tertiary/aromatic N) is 1. The fourth-order valence-corrected chi connectivity index (χ4v) is 2.65. The lowest BCUT2D eigenvalue weighted by Crippen LogP contribution is -2.32. The fourth-order valence-electron chi connectivity index (χ4n) is 1.72. The largest absolute Gasteiger partial charge is 0.467 e. The summed E-state index contributed by atoms with van der Waals surface area (Å²) in [5.41, 5.74) is 0.882. The number of hydrogen-bond acceptors (Lipinski definition) is 5. The molecule has 4 nitrogen and oxygen atoms in total. The number of benzene rings is 1. The predicted molar refractivity (Wildman–Crippen MR) is 73.7 cm³/mol. The first-order valence-corrected chi connectivity index (χ1v) is 6.79. The minimum absolute atomic E-state index is 0.298. The summed E-state index contributed by atoms with van der Waals surface area (Å²) >= 11 is 1.63. The number of amidine groups is 1. The molecule has 1 aromatic rings. The van der Waals surface area contributed by atoms with Gasteiger partial charge in [-0.3, -0.25) is 4.99 Å². The van der Waals surface area contributed by atoms with Crippen LogP contribution in [-0.4, -0.2) is 30.0 Å². The van der Waals surface area contributed by atoms with Crippen molar-refractivity contribution in [2.45, 2.75) is 19.0 Å². The monoisotopic (exact) mass is 264 g/mol. The average Bonchev–Trinajstić information content (AvgIpc) is 2.82. The number of esters is 1. The van der Waals surface area contributed by atoms with Gasteiger partial charge in [0.15, 0.2) is 11.2 Å². The zero-order valence-corrected chi connectivity index (χ0v) is 11.2. The summed E-state index contributed by atoms with van der Waals surface area (Å²) in [6.45, 7) is 2.05. The van der Waals surface area contributed by atoms with Crippen LogP contribution >= 0.6 is 11.8 Å². The Kier molecular flexibility index (Phi) is 4.25. The second kappa shape index (κ2) is 5.91. The Morgan fingerprint density at radius 3 is 2.78 bits per heavy atom. The van der Waals surface area contributed by atoms with Crippen molar-refractivity contribution in [3.05, 3.63) is 35.9 Å². The Morgan fingerprint density at radius 1 is 1.50 bits per heavy atom. The zero-order valence-electron chi connectivity index (χ0n) is 10.4. The van der Waals surface area contributed by atoms with Crippen molar-refractivity contribution >= 4 is 22.9 Å². The summed E-state index contributed by atoms with van der Waals surface area (Å²) < 4.78 is 4.84. The standard InChI is InChI=1S/C13H16N2O2S/c1-9-8-18-13(14-9)15-11(12(16)17-2)10-6-4-3-5-7-10/h3-7,9,11H,8H2,1-2H3,(H,14,15). The average molecular weight is 264 g/mol. The highest BCUT2D eigenvalue weighted by Gasteiger charge is 2.24. The summed E-state index contributed by atoms with van der Waals surface area (Å²) in [7, 11) is 1.40. The first-order valence-electron chi connectivity index (χ1n) is 5.80. The molecule has 1 aliphatic heterocycles. The molecule has 0 aliphatic carbocycles. The molecule has 1 heterocycles. The number of nitrogens with one attached hydrogen (secondary N) is 1. The van der Waals surface area contributed by atoms with E-state index in [9.17, 15) is 4.79 Å². The van der Waals surface area contributed by atoms with Gasteiger partial charge in [0.1, 0.15) is 0 Å². The smallest absolute Gasteiger partial charge is 0.333 e. The van der Waals surface area contributed by atoms with Crippen LogP contribution in [0.15, 0.2) is 35.3 Å². The lowest BCUT2D eigenvalue weighted by molar-refractivity contribution is -0.142. The Bertz CT molecular complexity index is 448. The van der Waals surface area contributed by atoms with Gasteiger partial charge in [0.05, 0.1) is 13.2 Å². The van der Waals surface area contributed by atoms with E-state index in [-0.39, 0.29) is 5.97 Å². The number of carbonyl (C=O) groups excluding carboxylic acids is 1. The highest BCUT2D eigenvalue weighted by atomic mass is 32.2. The summed E-state index contributed by atoms with van der Waals surface area (Å²) in [6.07, 6.45) is 0. The number of aliphatic imine (C=N–C) groups is 1. The Balaban J connectivity index is 2.16. The summed E-state index contributed by atoms with van der Waals surface area (Å²) in [5, 5.41) is 3.96. The molecular weight excluding hydrogens is 248 g/mol. The van der Waals surface area contributed by atoms with Crippen molar-refractivity contribution in [1.82, 2.24) is 5.32 Å². The van der Waals surface area contributed by atoms with Crippen molar-refractivity contribution in [3.63, 3.8) is 0 Å². The molecule has 0 radical (unpaired) electrons. The maximum Gasteiger partial charge on any atom is 0.333 e. The van der Waals surface area contributed by atoms with Gasteiger partial charge in [-0.1, -0.05) is 42.1 Å². The third-order valence-electron chi connectivity index (χ3n) is 2.64. The third-order valence-corrected chi connectivity index (χ3v) is 3.78. The van der Waals surface area contributed by atoms with Crippen molar-refractivity contribution in [1.29, 1.82) is 0 Å². The highest BCUT2D eigenvalue weighted by Crippen LogP contribution is 2.21. The molecule has 0 spiro atoms. The van der Waals surface area contributed by atoms with E-state index in [4.69, 9.17) is 4.74 Å². The van der Waals surface area contributed by atoms with Crippen LogP contribution in [0.4, 0.5) is 0 Å². The Morgan fingerprint density at radius 2 is 2.22 bits per heavy atom. The Hall–Kier alpha value is -1.49. The van der Waals surface area contributed by atoms with E-state index < -0.39 is 6.04 Å². The number of methoxy groups -OCH3 is 1. The summed E-state index contributed by atoms with van der Waals surface area (Å²) in [6, 6.07) is 9.33. The van der Waals surface area contributed by atoms with E-state index >= 15 is 0 Å². The molecule has 0 bridgehead atoms. The van der Waals surface area contributed by atoms with Crippen LogP contribution in [0.2, 0.25) is 0 Å². The molecule has 0 saturated carbocycles. The lowest BCUT2D eigenvalue weighted by atomic mass is 10.1. The van der Waals surface area contributed by atoms with Crippen molar-refractivity contribution in [2.24, 2.45) is 4.99 Å². The molecule has 1 N–H and O–H groups in total. The molecule has 2 atom stereocenters. The molecule has 5 heteroatoms. The van der Waals surface area contributed by atoms with Gasteiger partial charge in [0, 0.05) is 5.75 Å². The van der Waals surface area contributed by atoms with Gasteiger partial charge in [-0.25, -0.2) is 4.79 Å². The predicted octanol–water partition coefficient (Wildman–Crippen LogP) is 1.98. The maximum atomic E-state index is 11.8. The highest BCUT2D eigenvalue weighted by molar-refractivity contribution is 8.14. The number of rotatable bonds is 3. The molecular formula is C13H16N2O2S.